The molecule has 2 amide bonds. The van der Waals surface area contributed by atoms with E-state index < -0.39 is 0 Å². The Morgan fingerprint density at radius 3 is 2.36 bits per heavy atom. The molecule has 0 N–H and O–H groups in total. The molecule has 1 saturated heterocycles. The number of imide groups is 1. The maximum Gasteiger partial charge on any atom is 0.232 e. The molecular formula is C10H12N2O2. The lowest BCUT2D eigenvalue weighted by molar-refractivity contribution is -0.152. The molecule has 2 fully saturated rings. The van der Waals surface area contributed by atoms with E-state index >= 15 is 0 Å². The van der Waals surface area contributed by atoms with Crippen LogP contribution in [0, 0.1) is 23.2 Å². The molecule has 4 nitrogen and oxygen atoms in total. The van der Waals surface area contributed by atoms with Crippen LogP contribution < -0.4 is 0 Å². The summed E-state index contributed by atoms with van der Waals surface area (Å²) in [5.41, 5.74) is 0. The van der Waals surface area contributed by atoms with E-state index in [4.69, 9.17) is 5.26 Å². The summed E-state index contributed by atoms with van der Waals surface area (Å²) in [7, 11) is 0. The Hall–Kier alpha value is -1.37. The van der Waals surface area contributed by atoms with Crippen molar-refractivity contribution in [1.82, 2.24) is 4.90 Å². The molecule has 2 unspecified atom stereocenters. The van der Waals surface area contributed by atoms with Crippen molar-refractivity contribution in [3.63, 3.8) is 0 Å². The van der Waals surface area contributed by atoms with E-state index in [1.807, 2.05) is 6.07 Å². The van der Waals surface area contributed by atoms with E-state index in [-0.39, 0.29) is 36.6 Å². The molecule has 14 heavy (non-hydrogen) atoms. The lowest BCUT2D eigenvalue weighted by atomic mass is 9.97. The summed E-state index contributed by atoms with van der Waals surface area (Å²) >= 11 is 0. The number of nitriles is 1. The number of amides is 2. The van der Waals surface area contributed by atoms with Crippen LogP contribution in [0.15, 0.2) is 0 Å². The molecule has 4 heteroatoms. The van der Waals surface area contributed by atoms with Gasteiger partial charge in [0.2, 0.25) is 11.8 Å². The fourth-order valence-electron chi connectivity index (χ4n) is 2.36. The first kappa shape index (κ1) is 9.20. The summed E-state index contributed by atoms with van der Waals surface area (Å²) in [6.07, 6.45) is 2.67. The van der Waals surface area contributed by atoms with Crippen molar-refractivity contribution in [3.8, 4) is 6.07 Å². The third kappa shape index (κ3) is 1.29. The first-order valence-electron chi connectivity index (χ1n) is 4.96. The SMILES string of the molecule is N#CCCN1C(=O)C2CCC(C2)C1=O. The minimum absolute atomic E-state index is 0.0522. The molecule has 0 aromatic carbocycles. The number of rotatable bonds is 2. The standard InChI is InChI=1S/C10H12N2O2/c11-4-1-5-12-9(13)7-2-3-8(6-7)10(12)14/h7-8H,1-3,5-6H2. The number of likely N-dealkylation sites (tertiary alicyclic amines) is 1. The molecule has 0 radical (unpaired) electrons. The second-order valence-electron chi connectivity index (χ2n) is 3.94. The highest BCUT2D eigenvalue weighted by atomic mass is 16.2. The third-order valence-corrected chi connectivity index (χ3v) is 3.11. The van der Waals surface area contributed by atoms with Crippen molar-refractivity contribution in [2.75, 3.05) is 6.54 Å². The van der Waals surface area contributed by atoms with E-state index in [2.05, 4.69) is 0 Å². The molecule has 0 spiro atoms. The zero-order valence-electron chi connectivity index (χ0n) is 7.90. The highest BCUT2D eigenvalue weighted by Gasteiger charge is 2.44. The molecule has 1 heterocycles. The van der Waals surface area contributed by atoms with Crippen molar-refractivity contribution in [2.24, 2.45) is 11.8 Å². The largest absolute Gasteiger partial charge is 0.281 e. The highest BCUT2D eigenvalue weighted by Crippen LogP contribution is 2.37. The maximum atomic E-state index is 11.7. The van der Waals surface area contributed by atoms with Crippen LogP contribution in [0.3, 0.4) is 0 Å². The van der Waals surface area contributed by atoms with Gasteiger partial charge in [-0.3, -0.25) is 14.5 Å². The summed E-state index contributed by atoms with van der Waals surface area (Å²) in [6, 6.07) is 1.96. The van der Waals surface area contributed by atoms with Crippen molar-refractivity contribution in [1.29, 1.82) is 5.26 Å². The topological polar surface area (TPSA) is 61.2 Å². The molecule has 1 saturated carbocycles. The van der Waals surface area contributed by atoms with Crippen LogP contribution in [0.1, 0.15) is 25.7 Å². The molecule has 0 aromatic heterocycles. The Balaban J connectivity index is 2.12. The molecular weight excluding hydrogens is 180 g/mol. The molecule has 1 aliphatic carbocycles. The van der Waals surface area contributed by atoms with Gasteiger partial charge in [-0.15, -0.1) is 0 Å². The summed E-state index contributed by atoms with van der Waals surface area (Å²) in [6.45, 7) is 0.279. The Kier molecular flexibility index (Phi) is 2.24. The van der Waals surface area contributed by atoms with Gasteiger partial charge in [0.25, 0.3) is 0 Å². The van der Waals surface area contributed by atoms with Gasteiger partial charge in [-0.25, -0.2) is 0 Å². The average molecular weight is 192 g/mol. The van der Waals surface area contributed by atoms with E-state index in [0.717, 1.165) is 19.3 Å². The smallest absolute Gasteiger partial charge is 0.232 e. The van der Waals surface area contributed by atoms with Gasteiger partial charge >= 0.3 is 0 Å². The zero-order valence-corrected chi connectivity index (χ0v) is 7.90. The van der Waals surface area contributed by atoms with Crippen molar-refractivity contribution in [3.05, 3.63) is 0 Å². The summed E-state index contributed by atoms with van der Waals surface area (Å²) in [5, 5.41) is 8.42. The molecule has 2 aliphatic rings. The number of nitrogens with zero attached hydrogens (tertiary/aromatic N) is 2. The number of carbonyl (C=O) groups is 2. The third-order valence-electron chi connectivity index (χ3n) is 3.11. The highest BCUT2D eigenvalue weighted by molar-refractivity contribution is 6.00. The fourth-order valence-corrected chi connectivity index (χ4v) is 2.36. The Labute approximate surface area is 82.5 Å². The van der Waals surface area contributed by atoms with Gasteiger partial charge in [0.05, 0.1) is 12.5 Å². The molecule has 2 bridgehead atoms. The van der Waals surface area contributed by atoms with Crippen LogP contribution in [-0.2, 0) is 9.59 Å². The van der Waals surface area contributed by atoms with Gasteiger partial charge in [-0.1, -0.05) is 0 Å². The lowest BCUT2D eigenvalue weighted by Gasteiger charge is -2.28. The number of hydrogen-bond acceptors (Lipinski definition) is 3. The van der Waals surface area contributed by atoms with Gasteiger partial charge in [0.15, 0.2) is 0 Å². The van der Waals surface area contributed by atoms with E-state index in [1.165, 1.54) is 4.90 Å². The second kappa shape index (κ2) is 3.41. The summed E-state index contributed by atoms with van der Waals surface area (Å²) in [4.78, 5) is 24.7. The van der Waals surface area contributed by atoms with Crippen molar-refractivity contribution in [2.45, 2.75) is 25.7 Å². The molecule has 1 aliphatic heterocycles. The first-order chi connectivity index (χ1) is 6.74. The van der Waals surface area contributed by atoms with Gasteiger partial charge in [-0.05, 0) is 19.3 Å². The summed E-state index contributed by atoms with van der Waals surface area (Å²) < 4.78 is 0. The predicted molar refractivity (Wildman–Crippen MR) is 47.8 cm³/mol. The predicted octanol–water partition coefficient (Wildman–Crippen LogP) is 0.685. The van der Waals surface area contributed by atoms with E-state index in [1.54, 1.807) is 0 Å². The minimum Gasteiger partial charge on any atom is -0.281 e. The van der Waals surface area contributed by atoms with Crippen LogP contribution in [-0.4, -0.2) is 23.3 Å². The first-order valence-corrected chi connectivity index (χ1v) is 4.96. The fraction of sp³-hybridized carbons (Fsp3) is 0.700. The lowest BCUT2D eigenvalue weighted by Crippen LogP contribution is -2.46. The maximum absolute atomic E-state index is 11.7. The number of piperidine rings is 1. The van der Waals surface area contributed by atoms with Gasteiger partial charge < -0.3 is 0 Å². The zero-order chi connectivity index (χ0) is 10.1. The minimum atomic E-state index is -0.0565. The van der Waals surface area contributed by atoms with Crippen molar-refractivity contribution >= 4 is 11.8 Å². The van der Waals surface area contributed by atoms with Crippen LogP contribution >= 0.6 is 0 Å². The number of hydrogen-bond donors (Lipinski definition) is 0. The number of fused-ring (bicyclic) bond motifs is 2. The summed E-state index contributed by atoms with van der Waals surface area (Å²) in [5.74, 6) is -0.00853. The van der Waals surface area contributed by atoms with E-state index in [9.17, 15) is 9.59 Å². The van der Waals surface area contributed by atoms with Crippen LogP contribution in [0.25, 0.3) is 0 Å². The molecule has 2 atom stereocenters. The second-order valence-corrected chi connectivity index (χ2v) is 3.94. The van der Waals surface area contributed by atoms with Gasteiger partial charge in [-0.2, -0.15) is 5.26 Å². The van der Waals surface area contributed by atoms with Gasteiger partial charge in [0, 0.05) is 18.4 Å². The molecule has 2 rings (SSSR count). The van der Waals surface area contributed by atoms with Gasteiger partial charge in [0.1, 0.15) is 0 Å². The van der Waals surface area contributed by atoms with Crippen LogP contribution in [0.5, 0.6) is 0 Å². The Morgan fingerprint density at radius 1 is 1.29 bits per heavy atom. The van der Waals surface area contributed by atoms with Crippen molar-refractivity contribution < 1.29 is 9.59 Å². The number of carbonyl (C=O) groups excluding carboxylic acids is 2. The van der Waals surface area contributed by atoms with Crippen LogP contribution in [0.2, 0.25) is 0 Å². The quantitative estimate of drug-likeness (QED) is 0.604. The monoisotopic (exact) mass is 192 g/mol. The molecule has 74 valence electrons. The van der Waals surface area contributed by atoms with Crippen LogP contribution in [0.4, 0.5) is 0 Å². The van der Waals surface area contributed by atoms with E-state index in [0.29, 0.717) is 0 Å². The Morgan fingerprint density at radius 2 is 1.86 bits per heavy atom. The average Bonchev–Trinajstić information content (AvgIpc) is 2.62. The normalized spacial score (nSPS) is 30.6. The molecule has 0 aromatic rings. The Bertz CT molecular complexity index is 297.